The summed E-state index contributed by atoms with van der Waals surface area (Å²) >= 11 is 0. The van der Waals surface area contributed by atoms with E-state index >= 15 is 0 Å². The summed E-state index contributed by atoms with van der Waals surface area (Å²) in [5.41, 5.74) is 0.835. The van der Waals surface area contributed by atoms with Gasteiger partial charge in [0.1, 0.15) is 5.75 Å². The van der Waals surface area contributed by atoms with E-state index in [1.165, 1.54) is 0 Å². The molecule has 27 heavy (non-hydrogen) atoms. The van der Waals surface area contributed by atoms with Gasteiger partial charge in [-0.05, 0) is 31.2 Å². The van der Waals surface area contributed by atoms with Crippen LogP contribution < -0.4 is 4.74 Å². The molecule has 0 aliphatic heterocycles. The number of nitrogens with zero attached hydrogens (tertiary/aromatic N) is 3. The van der Waals surface area contributed by atoms with E-state index in [0.29, 0.717) is 57.5 Å². The van der Waals surface area contributed by atoms with Gasteiger partial charge < -0.3 is 23.6 Å². The largest absolute Gasteiger partial charge is 0.494 e. The van der Waals surface area contributed by atoms with E-state index in [-0.39, 0.29) is 5.91 Å². The summed E-state index contributed by atoms with van der Waals surface area (Å²) in [6, 6.07) is 7.48. The lowest BCUT2D eigenvalue weighted by atomic mass is 10.2. The first kappa shape index (κ1) is 20.9. The average molecular weight is 377 g/mol. The summed E-state index contributed by atoms with van der Waals surface area (Å²) < 4.78 is 20.8. The van der Waals surface area contributed by atoms with Crippen LogP contribution in [0.2, 0.25) is 0 Å². The molecular weight excluding hydrogens is 350 g/mol. The summed E-state index contributed by atoms with van der Waals surface area (Å²) in [6.45, 7) is 4.58. The van der Waals surface area contributed by atoms with Gasteiger partial charge in [-0.3, -0.25) is 4.79 Å². The van der Waals surface area contributed by atoms with Crippen molar-refractivity contribution in [1.82, 2.24) is 15.0 Å². The first-order chi connectivity index (χ1) is 13.2. The summed E-state index contributed by atoms with van der Waals surface area (Å²) in [7, 11) is 3.22. The molecule has 148 valence electrons. The van der Waals surface area contributed by atoms with Crippen LogP contribution in [0.15, 0.2) is 28.8 Å². The molecule has 2 rings (SSSR count). The Bertz CT molecular complexity index is 679. The highest BCUT2D eigenvalue weighted by Crippen LogP contribution is 2.20. The second kappa shape index (κ2) is 11.3. The normalized spacial score (nSPS) is 10.8. The second-order valence-electron chi connectivity index (χ2n) is 5.84. The molecule has 0 aliphatic carbocycles. The Morgan fingerprint density at radius 2 is 1.78 bits per heavy atom. The van der Waals surface area contributed by atoms with Gasteiger partial charge in [-0.1, -0.05) is 5.16 Å². The van der Waals surface area contributed by atoms with Crippen molar-refractivity contribution in [3.8, 4) is 17.1 Å². The van der Waals surface area contributed by atoms with Crippen molar-refractivity contribution in [2.45, 2.75) is 19.8 Å². The number of hydrogen-bond donors (Lipinski definition) is 0. The maximum atomic E-state index is 12.4. The van der Waals surface area contributed by atoms with Crippen molar-refractivity contribution in [2.75, 3.05) is 47.1 Å². The fourth-order valence-corrected chi connectivity index (χ4v) is 2.48. The molecule has 0 saturated heterocycles. The molecule has 0 bridgehead atoms. The molecule has 8 nitrogen and oxygen atoms in total. The average Bonchev–Trinajstić information content (AvgIpc) is 3.16. The fourth-order valence-electron chi connectivity index (χ4n) is 2.48. The van der Waals surface area contributed by atoms with Crippen LogP contribution in [0.5, 0.6) is 5.75 Å². The van der Waals surface area contributed by atoms with E-state index in [4.69, 9.17) is 18.7 Å². The maximum Gasteiger partial charge on any atom is 0.227 e. The third-order valence-corrected chi connectivity index (χ3v) is 3.93. The molecule has 0 unspecified atom stereocenters. The second-order valence-corrected chi connectivity index (χ2v) is 5.84. The van der Waals surface area contributed by atoms with E-state index < -0.39 is 0 Å². The first-order valence-electron chi connectivity index (χ1n) is 8.99. The number of aryl methyl sites for hydroxylation is 1. The lowest BCUT2D eigenvalue weighted by Gasteiger charge is -2.21. The van der Waals surface area contributed by atoms with Crippen molar-refractivity contribution in [3.63, 3.8) is 0 Å². The highest BCUT2D eigenvalue weighted by atomic mass is 16.5. The summed E-state index contributed by atoms with van der Waals surface area (Å²) in [6.07, 6.45) is 0.678. The molecule has 1 heterocycles. The van der Waals surface area contributed by atoms with Crippen LogP contribution in [0.3, 0.4) is 0 Å². The number of rotatable bonds is 12. The Morgan fingerprint density at radius 1 is 1.11 bits per heavy atom. The monoisotopic (exact) mass is 377 g/mol. The Morgan fingerprint density at radius 3 is 2.37 bits per heavy atom. The van der Waals surface area contributed by atoms with Gasteiger partial charge in [0.05, 0.1) is 19.8 Å². The third kappa shape index (κ3) is 6.65. The van der Waals surface area contributed by atoms with E-state index in [1.807, 2.05) is 31.2 Å². The molecule has 0 aliphatic rings. The first-order valence-corrected chi connectivity index (χ1v) is 8.99. The SMILES string of the molecule is CCOc1ccc(-c2noc(CCC(=O)N(CCOC)CCOC)n2)cc1. The smallest absolute Gasteiger partial charge is 0.227 e. The molecule has 1 aromatic heterocycles. The molecule has 1 aromatic carbocycles. The van der Waals surface area contributed by atoms with Gasteiger partial charge in [0.2, 0.25) is 17.6 Å². The Kier molecular flexibility index (Phi) is 8.73. The molecule has 0 saturated carbocycles. The van der Waals surface area contributed by atoms with Gasteiger partial charge in [0.25, 0.3) is 0 Å². The summed E-state index contributed by atoms with van der Waals surface area (Å²) in [5.74, 6) is 1.73. The number of methoxy groups -OCH3 is 2. The minimum absolute atomic E-state index is 0.00455. The summed E-state index contributed by atoms with van der Waals surface area (Å²) in [4.78, 5) is 18.5. The Balaban J connectivity index is 1.91. The van der Waals surface area contributed by atoms with Gasteiger partial charge >= 0.3 is 0 Å². The van der Waals surface area contributed by atoms with Crippen molar-refractivity contribution in [2.24, 2.45) is 0 Å². The number of benzene rings is 1. The van der Waals surface area contributed by atoms with E-state index in [9.17, 15) is 4.79 Å². The quantitative estimate of drug-likeness (QED) is 0.560. The highest BCUT2D eigenvalue weighted by molar-refractivity contribution is 5.76. The molecule has 2 aromatic rings. The molecule has 1 amide bonds. The Hall–Kier alpha value is -2.45. The minimum atomic E-state index is 0.00455. The van der Waals surface area contributed by atoms with Crippen LogP contribution >= 0.6 is 0 Å². The topological polar surface area (TPSA) is 86.9 Å². The molecular formula is C19H27N3O5. The van der Waals surface area contributed by atoms with Crippen molar-refractivity contribution < 1.29 is 23.5 Å². The molecule has 0 N–H and O–H groups in total. The highest BCUT2D eigenvalue weighted by Gasteiger charge is 2.16. The van der Waals surface area contributed by atoms with Gasteiger partial charge in [0, 0.05) is 45.7 Å². The number of carbonyl (C=O) groups is 1. The number of aromatic nitrogens is 2. The Labute approximate surface area is 159 Å². The zero-order valence-corrected chi connectivity index (χ0v) is 16.1. The van der Waals surface area contributed by atoms with Crippen LogP contribution in [-0.2, 0) is 20.7 Å². The van der Waals surface area contributed by atoms with Crippen LogP contribution in [-0.4, -0.2) is 68.1 Å². The van der Waals surface area contributed by atoms with E-state index in [1.54, 1.807) is 19.1 Å². The fraction of sp³-hybridized carbons (Fsp3) is 0.526. The van der Waals surface area contributed by atoms with Gasteiger partial charge in [0.15, 0.2) is 0 Å². The standard InChI is InChI=1S/C19H27N3O5/c1-4-26-16-7-5-15(6-8-16)19-20-17(27-21-19)9-10-18(23)22(11-13-24-2)12-14-25-3/h5-8H,4,9-14H2,1-3H3. The predicted molar refractivity (Wildman–Crippen MR) is 99.6 cm³/mol. The van der Waals surface area contributed by atoms with Crippen molar-refractivity contribution in [1.29, 1.82) is 0 Å². The number of carbonyl (C=O) groups excluding carboxylic acids is 1. The summed E-state index contributed by atoms with van der Waals surface area (Å²) in [5, 5.41) is 3.99. The van der Waals surface area contributed by atoms with Crippen molar-refractivity contribution >= 4 is 5.91 Å². The van der Waals surface area contributed by atoms with Gasteiger partial charge in [-0.15, -0.1) is 0 Å². The van der Waals surface area contributed by atoms with Crippen LogP contribution in [0.4, 0.5) is 0 Å². The molecule has 0 atom stereocenters. The lowest BCUT2D eigenvalue weighted by molar-refractivity contribution is -0.132. The van der Waals surface area contributed by atoms with E-state index in [2.05, 4.69) is 10.1 Å². The molecule has 0 spiro atoms. The maximum absolute atomic E-state index is 12.4. The van der Waals surface area contributed by atoms with Crippen LogP contribution in [0, 0.1) is 0 Å². The molecule has 8 heteroatoms. The van der Waals surface area contributed by atoms with Crippen LogP contribution in [0.25, 0.3) is 11.4 Å². The van der Waals surface area contributed by atoms with Gasteiger partial charge in [-0.25, -0.2) is 0 Å². The van der Waals surface area contributed by atoms with Gasteiger partial charge in [-0.2, -0.15) is 4.98 Å². The molecule has 0 radical (unpaired) electrons. The zero-order chi connectivity index (χ0) is 19.5. The zero-order valence-electron chi connectivity index (χ0n) is 16.1. The van der Waals surface area contributed by atoms with Crippen LogP contribution in [0.1, 0.15) is 19.2 Å². The minimum Gasteiger partial charge on any atom is -0.494 e. The number of hydrogen-bond acceptors (Lipinski definition) is 7. The predicted octanol–water partition coefficient (Wildman–Crippen LogP) is 2.19. The third-order valence-electron chi connectivity index (χ3n) is 3.93. The number of amides is 1. The lowest BCUT2D eigenvalue weighted by Crippen LogP contribution is -2.36. The number of ether oxygens (including phenoxy) is 3. The molecule has 0 fully saturated rings. The van der Waals surface area contributed by atoms with E-state index in [0.717, 1.165) is 11.3 Å². The van der Waals surface area contributed by atoms with Crippen molar-refractivity contribution in [3.05, 3.63) is 30.2 Å².